The molecule has 1 aromatic heterocycles. The largest absolute Gasteiger partial charge is 0.317 e. The molecule has 0 amide bonds. The first-order chi connectivity index (χ1) is 4.93. The van der Waals surface area contributed by atoms with Crippen LogP contribution < -0.4 is 5.48 Å². The van der Waals surface area contributed by atoms with E-state index in [-0.39, 0.29) is 0 Å². The van der Waals surface area contributed by atoms with Crippen LogP contribution >= 0.6 is 0 Å². The van der Waals surface area contributed by atoms with Crippen LogP contribution in [0.3, 0.4) is 0 Å². The molecule has 4 heteroatoms. The number of rotatable bonds is 4. The van der Waals surface area contributed by atoms with E-state index in [1.165, 1.54) is 0 Å². The highest BCUT2D eigenvalue weighted by atomic mass is 16.5. The first-order valence-corrected chi connectivity index (χ1v) is 3.28. The third-order valence-electron chi connectivity index (χ3n) is 1.23. The van der Waals surface area contributed by atoms with Gasteiger partial charge in [-0.05, 0) is 12.5 Å². The summed E-state index contributed by atoms with van der Waals surface area (Å²) in [5.74, 6) is 0. The summed E-state index contributed by atoms with van der Waals surface area (Å²) in [7, 11) is 0. The second-order valence-corrected chi connectivity index (χ2v) is 2.03. The fourth-order valence-corrected chi connectivity index (χ4v) is 0.753. The Morgan fingerprint density at radius 3 is 3.10 bits per heavy atom. The van der Waals surface area contributed by atoms with Gasteiger partial charge in [0.2, 0.25) is 0 Å². The van der Waals surface area contributed by atoms with Crippen molar-refractivity contribution >= 4 is 0 Å². The maximum atomic E-state index is 8.22. The summed E-state index contributed by atoms with van der Waals surface area (Å²) in [5.41, 5.74) is 2.09. The van der Waals surface area contributed by atoms with Crippen LogP contribution in [0.15, 0.2) is 18.5 Å². The summed E-state index contributed by atoms with van der Waals surface area (Å²) in [4.78, 5) is 0. The van der Waals surface area contributed by atoms with Gasteiger partial charge in [0, 0.05) is 25.5 Å². The molecule has 1 heterocycles. The molecule has 0 bridgehead atoms. The van der Waals surface area contributed by atoms with Crippen molar-refractivity contribution in [3.05, 3.63) is 18.5 Å². The lowest BCUT2D eigenvalue weighted by atomic mass is 10.4. The van der Waals surface area contributed by atoms with E-state index < -0.39 is 0 Å². The van der Waals surface area contributed by atoms with Gasteiger partial charge >= 0.3 is 0 Å². The Balaban J connectivity index is 2.15. The molecule has 2 N–H and O–H groups in total. The normalized spacial score (nSPS) is 10.1. The number of nitrogens with zero attached hydrogens (tertiary/aromatic N) is 2. The molecule has 4 nitrogen and oxygen atoms in total. The SMILES string of the molecule is ONCCCn1cccn1. The summed E-state index contributed by atoms with van der Waals surface area (Å²) < 4.78 is 1.83. The van der Waals surface area contributed by atoms with E-state index in [1.54, 1.807) is 6.20 Å². The number of hydrogen-bond donors (Lipinski definition) is 2. The zero-order valence-corrected chi connectivity index (χ0v) is 5.70. The first-order valence-electron chi connectivity index (χ1n) is 3.28. The van der Waals surface area contributed by atoms with Crippen LogP contribution in [0.5, 0.6) is 0 Å². The van der Waals surface area contributed by atoms with Gasteiger partial charge in [-0.1, -0.05) is 0 Å². The van der Waals surface area contributed by atoms with Gasteiger partial charge in [0.25, 0.3) is 0 Å². The lowest BCUT2D eigenvalue weighted by Gasteiger charge is -1.98. The van der Waals surface area contributed by atoms with Gasteiger partial charge in [-0.25, -0.2) is 5.48 Å². The minimum Gasteiger partial charge on any atom is -0.317 e. The molecule has 0 aliphatic carbocycles. The Kier molecular flexibility index (Phi) is 2.92. The molecule has 0 atom stereocenters. The van der Waals surface area contributed by atoms with Crippen LogP contribution in [0.4, 0.5) is 0 Å². The molecule has 56 valence electrons. The molecule has 10 heavy (non-hydrogen) atoms. The second-order valence-electron chi connectivity index (χ2n) is 2.03. The maximum absolute atomic E-state index is 8.22. The molecular weight excluding hydrogens is 130 g/mol. The van der Waals surface area contributed by atoms with E-state index in [4.69, 9.17) is 5.21 Å². The van der Waals surface area contributed by atoms with E-state index in [9.17, 15) is 0 Å². The standard InChI is InChI=1S/C6H11N3O/c10-8-4-2-6-9-5-1-3-7-9/h1,3,5,8,10H,2,4,6H2. The highest BCUT2D eigenvalue weighted by molar-refractivity contribution is 4.77. The molecule has 0 aromatic carbocycles. The summed E-state index contributed by atoms with van der Waals surface area (Å²) in [6.45, 7) is 1.46. The Morgan fingerprint density at radius 1 is 1.60 bits per heavy atom. The van der Waals surface area contributed by atoms with Gasteiger partial charge in [0.15, 0.2) is 0 Å². The fraction of sp³-hybridized carbons (Fsp3) is 0.500. The first kappa shape index (κ1) is 7.24. The third-order valence-corrected chi connectivity index (χ3v) is 1.23. The van der Waals surface area contributed by atoms with Crippen LogP contribution in [-0.4, -0.2) is 21.5 Å². The van der Waals surface area contributed by atoms with Crippen LogP contribution in [0, 0.1) is 0 Å². The fourth-order valence-electron chi connectivity index (χ4n) is 0.753. The quantitative estimate of drug-likeness (QED) is 0.467. The average molecular weight is 141 g/mol. The number of hydrogen-bond acceptors (Lipinski definition) is 3. The Labute approximate surface area is 59.4 Å². The second kappa shape index (κ2) is 4.03. The highest BCUT2D eigenvalue weighted by Crippen LogP contribution is 1.86. The summed E-state index contributed by atoms with van der Waals surface area (Å²) in [6.07, 6.45) is 4.53. The van der Waals surface area contributed by atoms with Crippen LogP contribution in [-0.2, 0) is 6.54 Å². The Bertz CT molecular complexity index is 162. The third kappa shape index (κ3) is 2.16. The van der Waals surface area contributed by atoms with Crippen molar-refractivity contribution in [2.24, 2.45) is 0 Å². The van der Waals surface area contributed by atoms with Crippen molar-refractivity contribution in [1.82, 2.24) is 15.3 Å². The summed E-state index contributed by atoms with van der Waals surface area (Å²) in [5, 5.41) is 12.2. The van der Waals surface area contributed by atoms with Crippen molar-refractivity contribution in [3.8, 4) is 0 Å². The summed E-state index contributed by atoms with van der Waals surface area (Å²) in [6, 6.07) is 1.88. The van der Waals surface area contributed by atoms with E-state index >= 15 is 0 Å². The molecular formula is C6H11N3O. The van der Waals surface area contributed by atoms with Crippen LogP contribution in [0.1, 0.15) is 6.42 Å². The molecule has 0 aliphatic heterocycles. The average Bonchev–Trinajstić information content (AvgIpc) is 2.41. The smallest absolute Gasteiger partial charge is 0.0489 e. The number of hydroxylamine groups is 1. The van der Waals surface area contributed by atoms with Crippen molar-refractivity contribution in [1.29, 1.82) is 0 Å². The lowest BCUT2D eigenvalue weighted by molar-refractivity contribution is 0.163. The molecule has 0 aliphatic rings. The number of nitrogens with one attached hydrogen (secondary N) is 1. The molecule has 1 rings (SSSR count). The molecule has 0 unspecified atom stereocenters. The predicted octanol–water partition coefficient (Wildman–Crippen LogP) is 0.252. The number of aryl methyl sites for hydroxylation is 1. The van der Waals surface area contributed by atoms with Crippen molar-refractivity contribution in [3.63, 3.8) is 0 Å². The van der Waals surface area contributed by atoms with E-state index in [0.717, 1.165) is 13.0 Å². The predicted molar refractivity (Wildman–Crippen MR) is 36.6 cm³/mol. The Morgan fingerprint density at radius 2 is 2.50 bits per heavy atom. The lowest BCUT2D eigenvalue weighted by Crippen LogP contribution is -2.11. The number of aromatic nitrogens is 2. The van der Waals surface area contributed by atoms with Gasteiger partial charge < -0.3 is 5.21 Å². The van der Waals surface area contributed by atoms with Crippen molar-refractivity contribution in [2.75, 3.05) is 6.54 Å². The van der Waals surface area contributed by atoms with E-state index in [2.05, 4.69) is 10.6 Å². The van der Waals surface area contributed by atoms with Gasteiger partial charge in [-0.3, -0.25) is 4.68 Å². The molecule has 0 saturated carbocycles. The van der Waals surface area contributed by atoms with Crippen molar-refractivity contribution < 1.29 is 5.21 Å². The maximum Gasteiger partial charge on any atom is 0.0489 e. The highest BCUT2D eigenvalue weighted by Gasteiger charge is 1.87. The minimum absolute atomic E-state index is 0.611. The van der Waals surface area contributed by atoms with E-state index in [0.29, 0.717) is 6.54 Å². The summed E-state index contributed by atoms with van der Waals surface area (Å²) >= 11 is 0. The van der Waals surface area contributed by atoms with Gasteiger partial charge in [-0.2, -0.15) is 5.10 Å². The van der Waals surface area contributed by atoms with E-state index in [1.807, 2.05) is 16.9 Å². The van der Waals surface area contributed by atoms with Gasteiger partial charge in [0.05, 0.1) is 0 Å². The molecule has 0 radical (unpaired) electrons. The topological polar surface area (TPSA) is 50.1 Å². The minimum atomic E-state index is 0.611. The molecule has 0 spiro atoms. The zero-order chi connectivity index (χ0) is 7.23. The van der Waals surface area contributed by atoms with Crippen LogP contribution in [0.25, 0.3) is 0 Å². The zero-order valence-electron chi connectivity index (χ0n) is 5.70. The molecule has 1 aromatic rings. The van der Waals surface area contributed by atoms with Gasteiger partial charge in [0.1, 0.15) is 0 Å². The molecule has 0 fully saturated rings. The van der Waals surface area contributed by atoms with Crippen molar-refractivity contribution in [2.45, 2.75) is 13.0 Å². The van der Waals surface area contributed by atoms with Crippen LogP contribution in [0.2, 0.25) is 0 Å². The monoisotopic (exact) mass is 141 g/mol. The molecule has 0 saturated heterocycles. The van der Waals surface area contributed by atoms with Gasteiger partial charge in [-0.15, -0.1) is 0 Å². The Hall–Kier alpha value is -0.870.